The molecule has 3 aliphatic rings. The largest absolute Gasteiger partial charge is 0.491 e. The van der Waals surface area contributed by atoms with E-state index < -0.39 is 27.8 Å². The topological polar surface area (TPSA) is 60.4 Å². The summed E-state index contributed by atoms with van der Waals surface area (Å²) < 4.78 is 6.55. The smallest absolute Gasteiger partial charge is 0.183 e. The van der Waals surface area contributed by atoms with Gasteiger partial charge in [-0.3, -0.25) is 14.4 Å². The lowest BCUT2D eigenvalue weighted by atomic mass is 9.39. The Balaban J connectivity index is 2.42. The van der Waals surface area contributed by atoms with Crippen LogP contribution in [-0.2, 0) is 19.1 Å². The van der Waals surface area contributed by atoms with Gasteiger partial charge in [-0.2, -0.15) is 0 Å². The minimum Gasteiger partial charge on any atom is -0.491 e. The molecule has 0 aromatic heterocycles. The maximum absolute atomic E-state index is 14.8. The lowest BCUT2D eigenvalue weighted by molar-refractivity contribution is -0.181. The molecule has 0 saturated heterocycles. The van der Waals surface area contributed by atoms with Crippen molar-refractivity contribution in [3.8, 4) is 0 Å². The molecule has 0 aromatic carbocycles. The lowest BCUT2D eigenvalue weighted by Crippen LogP contribution is -2.71. The highest BCUT2D eigenvalue weighted by molar-refractivity contribution is 6.33. The van der Waals surface area contributed by atoms with Gasteiger partial charge in [-0.15, -0.1) is 0 Å². The summed E-state index contributed by atoms with van der Waals surface area (Å²) >= 11 is 0. The Hall–Kier alpha value is -1.97. The van der Waals surface area contributed by atoms with Gasteiger partial charge in [0.05, 0.1) is 5.41 Å². The van der Waals surface area contributed by atoms with E-state index in [1.165, 1.54) is 5.57 Å². The Morgan fingerprint density at radius 1 is 1.03 bits per heavy atom. The molecule has 0 spiro atoms. The summed E-state index contributed by atoms with van der Waals surface area (Å²) in [5, 5.41) is 0. The minimum atomic E-state index is -1.67. The highest BCUT2D eigenvalue weighted by Gasteiger charge is 2.75. The number of hydrogen-bond acceptors (Lipinski definition) is 4. The maximum Gasteiger partial charge on any atom is 0.183 e. The third kappa shape index (κ3) is 3.76. The zero-order valence-electron chi connectivity index (χ0n) is 23.0. The molecule has 2 bridgehead atoms. The maximum atomic E-state index is 14.8. The second-order valence-electron chi connectivity index (χ2n) is 12.8. The molecule has 4 heteroatoms. The summed E-state index contributed by atoms with van der Waals surface area (Å²) in [4.78, 5) is 43.3. The second kappa shape index (κ2) is 8.60. The summed E-state index contributed by atoms with van der Waals surface area (Å²) in [5.74, 6) is -0.621. The van der Waals surface area contributed by atoms with E-state index in [-0.39, 0.29) is 23.3 Å². The van der Waals surface area contributed by atoms with Crippen molar-refractivity contribution in [2.45, 2.75) is 107 Å². The number of fused-ring (bicyclic) bond motifs is 3. The van der Waals surface area contributed by atoms with Crippen molar-refractivity contribution in [2.24, 2.45) is 28.1 Å². The lowest BCUT2D eigenvalue weighted by Gasteiger charge is -2.61. The molecule has 3 atom stereocenters. The third-order valence-corrected chi connectivity index (χ3v) is 8.60. The van der Waals surface area contributed by atoms with Crippen molar-refractivity contribution in [1.82, 2.24) is 0 Å². The average Bonchev–Trinajstić information content (AvgIpc) is 2.70. The van der Waals surface area contributed by atoms with Gasteiger partial charge in [0.2, 0.25) is 0 Å². The van der Waals surface area contributed by atoms with Crippen molar-refractivity contribution in [1.29, 1.82) is 0 Å². The number of Topliss-reactive ketones (excluding diaryl/α,β-unsaturated/α-hetero) is 3. The molecule has 188 valence electrons. The van der Waals surface area contributed by atoms with Crippen LogP contribution in [0.3, 0.4) is 0 Å². The first-order valence-corrected chi connectivity index (χ1v) is 12.9. The van der Waals surface area contributed by atoms with Crippen LogP contribution in [0.25, 0.3) is 0 Å². The molecule has 0 N–H and O–H groups in total. The number of carbonyl (C=O) groups is 3. The van der Waals surface area contributed by atoms with Gasteiger partial charge in [0.1, 0.15) is 11.4 Å². The van der Waals surface area contributed by atoms with E-state index in [0.29, 0.717) is 37.0 Å². The Morgan fingerprint density at radius 3 is 2.15 bits per heavy atom. The normalized spacial score (nSPS) is 31.6. The summed E-state index contributed by atoms with van der Waals surface area (Å²) in [5.41, 5.74) is -1.01. The van der Waals surface area contributed by atoms with Crippen LogP contribution in [0, 0.1) is 28.1 Å². The van der Waals surface area contributed by atoms with Crippen LogP contribution in [0.4, 0.5) is 0 Å². The Morgan fingerprint density at radius 2 is 1.62 bits per heavy atom. The molecule has 1 fully saturated rings. The fraction of sp³-hybridized carbons (Fsp3) is 0.700. The minimum absolute atomic E-state index is 0.0139. The number of allylic oxidation sites excluding steroid dienone is 6. The van der Waals surface area contributed by atoms with Crippen LogP contribution < -0.4 is 0 Å². The number of ketones is 3. The molecule has 3 rings (SSSR count). The van der Waals surface area contributed by atoms with Crippen LogP contribution >= 0.6 is 0 Å². The predicted octanol–water partition coefficient (Wildman–Crippen LogP) is 6.94. The van der Waals surface area contributed by atoms with Crippen LogP contribution in [0.1, 0.15) is 101 Å². The Kier molecular flexibility index (Phi) is 6.74. The summed E-state index contributed by atoms with van der Waals surface area (Å²) in [6.45, 7) is 19.8. The first-order valence-electron chi connectivity index (χ1n) is 12.9. The monoisotopic (exact) mass is 468 g/mol. The Labute approximate surface area is 206 Å². The van der Waals surface area contributed by atoms with E-state index >= 15 is 0 Å². The van der Waals surface area contributed by atoms with E-state index in [0.717, 1.165) is 12.0 Å². The van der Waals surface area contributed by atoms with Crippen LogP contribution in [0.15, 0.2) is 34.6 Å². The molecule has 4 nitrogen and oxygen atoms in total. The standard InChI is InChI=1S/C30H44O4/c1-18(2)11-12-21-17-29(16-13-19(3)4)25-22(14-15-27(7,8)34-25)24(32)30(26(29)33,28(21,9)10)23(31)20(5)6/h11,13,20-21H,12,14-17H2,1-10H3/t21-,29-,30+/m0/s1. The van der Waals surface area contributed by atoms with Crippen molar-refractivity contribution in [2.75, 3.05) is 0 Å². The molecule has 0 radical (unpaired) electrons. The fourth-order valence-corrected chi connectivity index (χ4v) is 6.45. The average molecular weight is 469 g/mol. The SMILES string of the molecule is CC(C)=CC[C@H]1C[C@]2(CC=C(C)C)C(=O)[C@@](C(=O)C(C)C)(C(=O)C3=C2OC(C)(C)CC3)C1(C)C. The molecule has 2 aliphatic carbocycles. The molecular formula is C30H44O4. The fourth-order valence-electron chi connectivity index (χ4n) is 6.45. The zero-order valence-corrected chi connectivity index (χ0v) is 23.0. The van der Waals surface area contributed by atoms with E-state index in [1.807, 2.05) is 55.4 Å². The molecule has 0 amide bonds. The number of carbonyl (C=O) groups excluding carboxylic acids is 3. The highest BCUT2D eigenvalue weighted by Crippen LogP contribution is 2.67. The number of hydrogen-bond donors (Lipinski definition) is 0. The van der Waals surface area contributed by atoms with Crippen LogP contribution in [-0.4, -0.2) is 23.0 Å². The quantitative estimate of drug-likeness (QED) is 0.313. The molecule has 34 heavy (non-hydrogen) atoms. The zero-order chi connectivity index (χ0) is 25.9. The first kappa shape index (κ1) is 26.6. The molecule has 1 aliphatic heterocycles. The molecule has 0 unspecified atom stereocenters. The summed E-state index contributed by atoms with van der Waals surface area (Å²) in [7, 11) is 0. The Bertz CT molecular complexity index is 995. The second-order valence-corrected chi connectivity index (χ2v) is 12.8. The summed E-state index contributed by atoms with van der Waals surface area (Å²) in [6.07, 6.45) is 7.29. The van der Waals surface area contributed by atoms with Crippen molar-refractivity contribution >= 4 is 17.3 Å². The summed E-state index contributed by atoms with van der Waals surface area (Å²) in [6, 6.07) is 0. The van der Waals surface area contributed by atoms with Crippen molar-refractivity contribution < 1.29 is 19.1 Å². The van der Waals surface area contributed by atoms with Gasteiger partial charge >= 0.3 is 0 Å². The van der Waals surface area contributed by atoms with E-state index in [9.17, 15) is 14.4 Å². The highest BCUT2D eigenvalue weighted by atomic mass is 16.5. The van der Waals surface area contributed by atoms with Gasteiger partial charge in [-0.1, -0.05) is 51.0 Å². The predicted molar refractivity (Wildman–Crippen MR) is 136 cm³/mol. The van der Waals surface area contributed by atoms with E-state index in [2.05, 4.69) is 26.0 Å². The van der Waals surface area contributed by atoms with Gasteiger partial charge in [0.15, 0.2) is 22.8 Å². The molecule has 0 aromatic rings. The number of ether oxygens (including phenoxy) is 1. The van der Waals surface area contributed by atoms with Crippen LogP contribution in [0.5, 0.6) is 0 Å². The van der Waals surface area contributed by atoms with Crippen LogP contribution in [0.2, 0.25) is 0 Å². The molecular weight excluding hydrogens is 424 g/mol. The van der Waals surface area contributed by atoms with Gasteiger partial charge in [-0.05, 0) is 85.0 Å². The molecule has 1 heterocycles. The number of rotatable bonds is 6. The van der Waals surface area contributed by atoms with Crippen molar-refractivity contribution in [3.05, 3.63) is 34.6 Å². The first-order chi connectivity index (χ1) is 15.5. The van der Waals surface area contributed by atoms with Crippen molar-refractivity contribution in [3.63, 3.8) is 0 Å². The van der Waals surface area contributed by atoms with E-state index in [1.54, 1.807) is 0 Å². The van der Waals surface area contributed by atoms with Gasteiger partial charge in [0.25, 0.3) is 0 Å². The third-order valence-electron chi connectivity index (χ3n) is 8.60. The van der Waals surface area contributed by atoms with Gasteiger partial charge in [-0.25, -0.2) is 0 Å². The molecule has 1 saturated carbocycles. The van der Waals surface area contributed by atoms with Gasteiger partial charge < -0.3 is 4.74 Å². The van der Waals surface area contributed by atoms with E-state index in [4.69, 9.17) is 4.74 Å². The van der Waals surface area contributed by atoms with Gasteiger partial charge in [0, 0.05) is 11.5 Å².